The Balaban J connectivity index is 1.66. The molecule has 0 aromatic heterocycles. The highest BCUT2D eigenvalue weighted by atomic mass is 79.9. The predicted molar refractivity (Wildman–Crippen MR) is 91.5 cm³/mol. The van der Waals surface area contributed by atoms with Crippen LogP contribution in [0.4, 0.5) is 5.69 Å². The molecule has 2 unspecified atom stereocenters. The van der Waals surface area contributed by atoms with Crippen molar-refractivity contribution in [3.8, 4) is 0 Å². The summed E-state index contributed by atoms with van der Waals surface area (Å²) in [5, 5.41) is 11.8. The second kappa shape index (κ2) is 6.93. The Labute approximate surface area is 148 Å². The zero-order chi connectivity index (χ0) is 17.3. The van der Waals surface area contributed by atoms with Crippen molar-refractivity contribution in [3.63, 3.8) is 0 Å². The smallest absolute Gasteiger partial charge is 0.326 e. The normalized spacial score (nSPS) is 21.6. The fraction of sp³-hybridized carbons (Fsp3) is 0.471. The molecule has 2 atom stereocenters. The maximum absolute atomic E-state index is 12.6. The van der Waals surface area contributed by atoms with Gasteiger partial charge in [0.25, 0.3) is 0 Å². The number of nitrogens with zero attached hydrogens (tertiary/aromatic N) is 1. The van der Waals surface area contributed by atoms with E-state index >= 15 is 0 Å². The van der Waals surface area contributed by atoms with E-state index in [1.807, 2.05) is 24.3 Å². The number of para-hydroxylation sites is 1. The number of halogens is 1. The van der Waals surface area contributed by atoms with Crippen molar-refractivity contribution in [3.05, 3.63) is 28.7 Å². The third kappa shape index (κ3) is 3.61. The standard InChI is InChI=1S/C17H19BrN2O4/c18-12-3-1-2-4-14(12)20-8-7-11(16(20)22)15(21)19-13(17(23)24)9-10-5-6-10/h1-4,10-11,13H,5-9H2,(H,19,21)(H,23,24). The van der Waals surface area contributed by atoms with Gasteiger partial charge in [-0.2, -0.15) is 0 Å². The quantitative estimate of drug-likeness (QED) is 0.723. The van der Waals surface area contributed by atoms with Crippen molar-refractivity contribution in [2.75, 3.05) is 11.4 Å². The maximum Gasteiger partial charge on any atom is 0.326 e. The minimum Gasteiger partial charge on any atom is -0.480 e. The van der Waals surface area contributed by atoms with Gasteiger partial charge in [-0.05, 0) is 46.8 Å². The van der Waals surface area contributed by atoms with E-state index in [9.17, 15) is 19.5 Å². The highest BCUT2D eigenvalue weighted by Gasteiger charge is 2.40. The first kappa shape index (κ1) is 17.0. The summed E-state index contributed by atoms with van der Waals surface area (Å²) in [6.45, 7) is 0.444. The Hall–Kier alpha value is -1.89. The van der Waals surface area contributed by atoms with E-state index in [1.54, 1.807) is 4.90 Å². The fourth-order valence-corrected chi connectivity index (χ4v) is 3.51. The molecule has 2 fully saturated rings. The van der Waals surface area contributed by atoms with Crippen LogP contribution in [0, 0.1) is 11.8 Å². The zero-order valence-corrected chi connectivity index (χ0v) is 14.7. The van der Waals surface area contributed by atoms with Crippen LogP contribution in [-0.2, 0) is 14.4 Å². The highest BCUT2D eigenvalue weighted by Crippen LogP contribution is 2.34. The van der Waals surface area contributed by atoms with Crippen LogP contribution in [0.15, 0.2) is 28.7 Å². The third-order valence-corrected chi connectivity index (χ3v) is 5.22. The van der Waals surface area contributed by atoms with Crippen molar-refractivity contribution in [1.29, 1.82) is 0 Å². The van der Waals surface area contributed by atoms with E-state index in [0.717, 1.165) is 23.0 Å². The average Bonchev–Trinajstić information content (AvgIpc) is 3.28. The number of carboxylic acids is 1. The molecule has 2 aliphatic rings. The van der Waals surface area contributed by atoms with Gasteiger partial charge in [0.2, 0.25) is 11.8 Å². The molecule has 0 spiro atoms. The summed E-state index contributed by atoms with van der Waals surface area (Å²) in [5.41, 5.74) is 0.727. The van der Waals surface area contributed by atoms with Gasteiger partial charge in [0.05, 0.1) is 5.69 Å². The lowest BCUT2D eigenvalue weighted by atomic mass is 10.1. The number of carboxylic acid groups (broad SMARTS) is 1. The van der Waals surface area contributed by atoms with E-state index < -0.39 is 23.8 Å². The van der Waals surface area contributed by atoms with E-state index in [-0.39, 0.29) is 5.91 Å². The summed E-state index contributed by atoms with van der Waals surface area (Å²) in [4.78, 5) is 37.9. The molecule has 2 amide bonds. The van der Waals surface area contributed by atoms with Crippen LogP contribution >= 0.6 is 15.9 Å². The number of nitrogens with one attached hydrogen (secondary N) is 1. The van der Waals surface area contributed by atoms with Crippen LogP contribution in [0.1, 0.15) is 25.7 Å². The van der Waals surface area contributed by atoms with Crippen LogP contribution in [0.5, 0.6) is 0 Å². The molecule has 0 radical (unpaired) electrons. The molecule has 2 N–H and O–H groups in total. The monoisotopic (exact) mass is 394 g/mol. The van der Waals surface area contributed by atoms with Gasteiger partial charge in [0, 0.05) is 11.0 Å². The third-order valence-electron chi connectivity index (χ3n) is 4.55. The molecule has 6 nitrogen and oxygen atoms in total. The second-order valence-electron chi connectivity index (χ2n) is 6.36. The summed E-state index contributed by atoms with van der Waals surface area (Å²) >= 11 is 3.41. The molecule has 1 aromatic rings. The number of hydrogen-bond acceptors (Lipinski definition) is 3. The molecule has 1 saturated carbocycles. The molecule has 0 bridgehead atoms. The molecule has 1 aliphatic carbocycles. The summed E-state index contributed by atoms with van der Waals surface area (Å²) in [7, 11) is 0. The Bertz CT molecular complexity index is 674. The Morgan fingerprint density at radius 3 is 2.62 bits per heavy atom. The van der Waals surface area contributed by atoms with Gasteiger partial charge in [0.15, 0.2) is 0 Å². The molecular weight excluding hydrogens is 376 g/mol. The summed E-state index contributed by atoms with van der Waals surface area (Å²) in [6, 6.07) is 6.43. The molecule has 1 saturated heterocycles. The van der Waals surface area contributed by atoms with Gasteiger partial charge in [-0.3, -0.25) is 9.59 Å². The minimum absolute atomic E-state index is 0.282. The Kier molecular flexibility index (Phi) is 4.89. The van der Waals surface area contributed by atoms with Crippen molar-refractivity contribution in [1.82, 2.24) is 5.32 Å². The average molecular weight is 395 g/mol. The van der Waals surface area contributed by atoms with Gasteiger partial charge in [-0.15, -0.1) is 0 Å². The molecule has 128 valence electrons. The lowest BCUT2D eigenvalue weighted by Crippen LogP contribution is -2.45. The number of carbonyl (C=O) groups excluding carboxylic acids is 2. The Morgan fingerprint density at radius 2 is 2.00 bits per heavy atom. The van der Waals surface area contributed by atoms with Crippen LogP contribution in [-0.4, -0.2) is 35.5 Å². The Morgan fingerprint density at radius 1 is 1.29 bits per heavy atom. The zero-order valence-electron chi connectivity index (χ0n) is 13.1. The number of amides is 2. The molecule has 1 heterocycles. The first-order valence-corrected chi connectivity index (χ1v) is 8.85. The van der Waals surface area contributed by atoms with Crippen molar-refractivity contribution < 1.29 is 19.5 Å². The van der Waals surface area contributed by atoms with E-state index in [2.05, 4.69) is 21.2 Å². The van der Waals surface area contributed by atoms with Crippen LogP contribution < -0.4 is 10.2 Å². The van der Waals surface area contributed by atoms with E-state index in [4.69, 9.17) is 0 Å². The van der Waals surface area contributed by atoms with Gasteiger partial charge in [0.1, 0.15) is 12.0 Å². The number of rotatable bonds is 6. The SMILES string of the molecule is O=C(O)C(CC1CC1)NC(=O)C1CCN(c2ccccc2Br)C1=O. The highest BCUT2D eigenvalue weighted by molar-refractivity contribution is 9.10. The van der Waals surface area contributed by atoms with Gasteiger partial charge < -0.3 is 15.3 Å². The minimum atomic E-state index is -1.04. The molecule has 1 aromatic carbocycles. The van der Waals surface area contributed by atoms with Gasteiger partial charge >= 0.3 is 5.97 Å². The van der Waals surface area contributed by atoms with Crippen molar-refractivity contribution >= 4 is 39.4 Å². The predicted octanol–water partition coefficient (Wildman–Crippen LogP) is 2.17. The maximum atomic E-state index is 12.6. The number of hydrogen-bond donors (Lipinski definition) is 2. The van der Waals surface area contributed by atoms with Gasteiger partial charge in [-0.1, -0.05) is 25.0 Å². The summed E-state index contributed by atoms with van der Waals surface area (Å²) in [5.74, 6) is -2.25. The number of aliphatic carboxylic acids is 1. The number of anilines is 1. The lowest BCUT2D eigenvalue weighted by molar-refractivity contribution is -0.143. The first-order valence-electron chi connectivity index (χ1n) is 8.06. The molecule has 24 heavy (non-hydrogen) atoms. The lowest BCUT2D eigenvalue weighted by Gasteiger charge is -2.19. The molecule has 3 rings (SSSR count). The van der Waals surface area contributed by atoms with Crippen LogP contribution in [0.25, 0.3) is 0 Å². The first-order chi connectivity index (χ1) is 11.5. The second-order valence-corrected chi connectivity index (χ2v) is 7.22. The van der Waals surface area contributed by atoms with E-state index in [1.165, 1.54) is 0 Å². The van der Waals surface area contributed by atoms with Crippen LogP contribution in [0.2, 0.25) is 0 Å². The fourth-order valence-electron chi connectivity index (χ4n) is 3.01. The van der Waals surface area contributed by atoms with Gasteiger partial charge in [-0.25, -0.2) is 4.79 Å². The van der Waals surface area contributed by atoms with E-state index in [0.29, 0.717) is 25.3 Å². The van der Waals surface area contributed by atoms with Crippen molar-refractivity contribution in [2.45, 2.75) is 31.7 Å². The summed E-state index contributed by atoms with van der Waals surface area (Å²) < 4.78 is 0.788. The van der Waals surface area contributed by atoms with Crippen molar-refractivity contribution in [2.24, 2.45) is 11.8 Å². The van der Waals surface area contributed by atoms with Crippen LogP contribution in [0.3, 0.4) is 0 Å². The number of benzene rings is 1. The topological polar surface area (TPSA) is 86.7 Å². The number of carbonyl (C=O) groups is 3. The summed E-state index contributed by atoms with van der Waals surface area (Å²) in [6.07, 6.45) is 2.85. The largest absolute Gasteiger partial charge is 0.480 e. The molecule has 1 aliphatic heterocycles. The molecular formula is C17H19BrN2O4. The molecule has 7 heteroatoms.